The first kappa shape index (κ1) is 13.8. The number of hydrogen-bond acceptors (Lipinski definition) is 5. The summed E-state index contributed by atoms with van der Waals surface area (Å²) in [7, 11) is 0. The minimum Gasteiger partial charge on any atom is -0.465 e. The van der Waals surface area contributed by atoms with Gasteiger partial charge in [-0.1, -0.05) is 5.11 Å². The van der Waals surface area contributed by atoms with Gasteiger partial charge < -0.3 is 10.1 Å². The summed E-state index contributed by atoms with van der Waals surface area (Å²) in [6.07, 6.45) is 0.978. The van der Waals surface area contributed by atoms with Crippen molar-refractivity contribution < 1.29 is 9.53 Å². The van der Waals surface area contributed by atoms with Crippen molar-refractivity contribution in [2.45, 2.75) is 19.4 Å². The van der Waals surface area contributed by atoms with E-state index in [9.17, 15) is 4.79 Å². The molecule has 0 amide bonds. The maximum absolute atomic E-state index is 11.8. The lowest BCUT2D eigenvalue weighted by molar-refractivity contribution is -0.149. The second-order valence-corrected chi connectivity index (χ2v) is 3.82. The van der Waals surface area contributed by atoms with Gasteiger partial charge in [-0.2, -0.15) is 0 Å². The molecule has 1 heterocycles. The molecule has 1 atom stereocenters. The van der Waals surface area contributed by atoms with Crippen LogP contribution in [-0.4, -0.2) is 56.2 Å². The third kappa shape index (κ3) is 4.60. The van der Waals surface area contributed by atoms with E-state index in [0.717, 1.165) is 32.6 Å². The second-order valence-electron chi connectivity index (χ2n) is 3.82. The normalized spacial score (nSPS) is 18.9. The van der Waals surface area contributed by atoms with E-state index in [-0.39, 0.29) is 12.5 Å². The lowest BCUT2D eigenvalue weighted by Crippen LogP contribution is -2.45. The molecule has 0 aromatic rings. The molecule has 1 unspecified atom stereocenters. The maximum atomic E-state index is 11.8. The number of rotatable bonds is 5. The van der Waals surface area contributed by atoms with Crippen LogP contribution in [0.25, 0.3) is 10.4 Å². The van der Waals surface area contributed by atoms with E-state index < -0.39 is 6.04 Å². The van der Waals surface area contributed by atoms with E-state index in [1.807, 2.05) is 4.90 Å². The van der Waals surface area contributed by atoms with Gasteiger partial charge in [-0.15, -0.1) is 0 Å². The van der Waals surface area contributed by atoms with E-state index in [1.165, 1.54) is 0 Å². The van der Waals surface area contributed by atoms with Gasteiger partial charge in [0, 0.05) is 24.5 Å². The van der Waals surface area contributed by atoms with Gasteiger partial charge in [0.2, 0.25) is 0 Å². The highest BCUT2D eigenvalue weighted by atomic mass is 16.5. The molecule has 0 aromatic carbocycles. The van der Waals surface area contributed by atoms with Gasteiger partial charge in [0.05, 0.1) is 13.2 Å². The number of carbonyl (C=O) groups excluding carboxylic acids is 1. The monoisotopic (exact) mass is 241 g/mol. The van der Waals surface area contributed by atoms with E-state index in [1.54, 1.807) is 6.92 Å². The Balaban J connectivity index is 2.64. The molecule has 0 radical (unpaired) electrons. The summed E-state index contributed by atoms with van der Waals surface area (Å²) in [6.45, 7) is 5.63. The van der Waals surface area contributed by atoms with Crippen LogP contribution in [0.5, 0.6) is 0 Å². The van der Waals surface area contributed by atoms with Gasteiger partial charge in [0.25, 0.3) is 0 Å². The van der Waals surface area contributed by atoms with Crippen molar-refractivity contribution in [3.8, 4) is 0 Å². The molecule has 96 valence electrons. The van der Waals surface area contributed by atoms with Crippen LogP contribution in [0.15, 0.2) is 5.11 Å². The lowest BCUT2D eigenvalue weighted by Gasteiger charge is -2.27. The minimum atomic E-state index is -0.453. The van der Waals surface area contributed by atoms with Crippen LogP contribution in [0.3, 0.4) is 0 Å². The average molecular weight is 241 g/mol. The Bertz CT molecular complexity index is 282. The molecule has 7 nitrogen and oxygen atoms in total. The van der Waals surface area contributed by atoms with Crippen molar-refractivity contribution in [2.75, 3.05) is 39.3 Å². The largest absolute Gasteiger partial charge is 0.465 e. The van der Waals surface area contributed by atoms with Gasteiger partial charge in [-0.3, -0.25) is 9.69 Å². The summed E-state index contributed by atoms with van der Waals surface area (Å²) in [5, 5.41) is 6.76. The van der Waals surface area contributed by atoms with Crippen LogP contribution < -0.4 is 5.32 Å². The minimum absolute atomic E-state index is 0.134. The topological polar surface area (TPSA) is 90.3 Å². The van der Waals surface area contributed by atoms with Crippen molar-refractivity contribution in [1.29, 1.82) is 0 Å². The first-order valence-electron chi connectivity index (χ1n) is 5.91. The number of carbonyl (C=O) groups is 1. The molecule has 0 spiro atoms. The lowest BCUT2D eigenvalue weighted by atomic mass is 10.2. The summed E-state index contributed by atoms with van der Waals surface area (Å²) in [5.41, 5.74) is 8.36. The number of nitrogens with zero attached hydrogens (tertiary/aromatic N) is 4. The number of azide groups is 1. The van der Waals surface area contributed by atoms with Crippen molar-refractivity contribution in [3.05, 3.63) is 10.4 Å². The number of hydrogen-bond donors (Lipinski definition) is 1. The van der Waals surface area contributed by atoms with Crippen molar-refractivity contribution in [2.24, 2.45) is 5.11 Å². The summed E-state index contributed by atoms with van der Waals surface area (Å²) < 4.78 is 5.01. The van der Waals surface area contributed by atoms with E-state index >= 15 is 0 Å². The Morgan fingerprint density at radius 2 is 2.41 bits per heavy atom. The van der Waals surface area contributed by atoms with Gasteiger partial charge >= 0.3 is 5.97 Å². The van der Waals surface area contributed by atoms with Gasteiger partial charge in [-0.05, 0) is 25.4 Å². The number of esters is 1. The molecule has 1 aliphatic rings. The molecule has 0 bridgehead atoms. The predicted molar refractivity (Wildman–Crippen MR) is 63.5 cm³/mol. The van der Waals surface area contributed by atoms with E-state index in [2.05, 4.69) is 15.3 Å². The summed E-state index contributed by atoms with van der Waals surface area (Å²) >= 11 is 0. The first-order valence-corrected chi connectivity index (χ1v) is 5.91. The SMILES string of the molecule is CCOC(=O)C(CN=[N+]=[N-])N1CCCNCC1. The smallest absolute Gasteiger partial charge is 0.323 e. The fourth-order valence-electron chi connectivity index (χ4n) is 1.87. The Hall–Kier alpha value is -1.30. The Morgan fingerprint density at radius 3 is 3.12 bits per heavy atom. The molecule has 0 aromatic heterocycles. The molecule has 1 fully saturated rings. The summed E-state index contributed by atoms with van der Waals surface area (Å²) in [4.78, 5) is 16.5. The zero-order valence-electron chi connectivity index (χ0n) is 10.1. The van der Waals surface area contributed by atoms with Crippen molar-refractivity contribution >= 4 is 5.97 Å². The molecule has 17 heavy (non-hydrogen) atoms. The molecule has 0 saturated carbocycles. The van der Waals surface area contributed by atoms with E-state index in [0.29, 0.717) is 6.61 Å². The highest BCUT2D eigenvalue weighted by molar-refractivity contribution is 5.76. The fraction of sp³-hybridized carbons (Fsp3) is 0.900. The first-order chi connectivity index (χ1) is 8.29. The maximum Gasteiger partial charge on any atom is 0.323 e. The van der Waals surface area contributed by atoms with Crippen LogP contribution in [0.4, 0.5) is 0 Å². The highest BCUT2D eigenvalue weighted by Crippen LogP contribution is 2.06. The number of ether oxygens (including phenoxy) is 1. The number of nitrogens with one attached hydrogen (secondary N) is 1. The van der Waals surface area contributed by atoms with Crippen molar-refractivity contribution in [3.63, 3.8) is 0 Å². The third-order valence-electron chi connectivity index (χ3n) is 2.69. The zero-order valence-corrected chi connectivity index (χ0v) is 10.1. The van der Waals surface area contributed by atoms with Crippen LogP contribution in [-0.2, 0) is 9.53 Å². The summed E-state index contributed by atoms with van der Waals surface area (Å²) in [6, 6.07) is -0.453. The van der Waals surface area contributed by atoms with Crippen LogP contribution in [0.2, 0.25) is 0 Å². The average Bonchev–Trinajstić information content (AvgIpc) is 2.59. The molecule has 1 N–H and O–H groups in total. The van der Waals surface area contributed by atoms with Crippen LogP contribution >= 0.6 is 0 Å². The van der Waals surface area contributed by atoms with Crippen LogP contribution in [0, 0.1) is 0 Å². The summed E-state index contributed by atoms with van der Waals surface area (Å²) in [5.74, 6) is -0.304. The van der Waals surface area contributed by atoms with Gasteiger partial charge in [-0.25, -0.2) is 0 Å². The predicted octanol–water partition coefficient (Wildman–Crippen LogP) is 0.524. The highest BCUT2D eigenvalue weighted by Gasteiger charge is 2.26. The van der Waals surface area contributed by atoms with Gasteiger partial charge in [0.15, 0.2) is 0 Å². The second kappa shape index (κ2) is 7.89. The Labute approximate surface area is 101 Å². The quantitative estimate of drug-likeness (QED) is 0.329. The zero-order chi connectivity index (χ0) is 12.5. The van der Waals surface area contributed by atoms with Crippen LogP contribution in [0.1, 0.15) is 13.3 Å². The molecule has 1 rings (SSSR count). The standard InChI is InChI=1S/C10H19N5O2/c1-2-17-10(16)9(8-13-14-11)15-6-3-4-12-5-7-15/h9,12H,2-8H2,1H3. The molecular weight excluding hydrogens is 222 g/mol. The Kier molecular flexibility index (Phi) is 6.39. The van der Waals surface area contributed by atoms with E-state index in [4.69, 9.17) is 10.3 Å². The van der Waals surface area contributed by atoms with Gasteiger partial charge in [0.1, 0.15) is 6.04 Å². The third-order valence-corrected chi connectivity index (χ3v) is 2.69. The fourth-order valence-corrected chi connectivity index (χ4v) is 1.87. The molecule has 1 aliphatic heterocycles. The molecule has 1 saturated heterocycles. The molecular formula is C10H19N5O2. The van der Waals surface area contributed by atoms with Crippen molar-refractivity contribution in [1.82, 2.24) is 10.2 Å². The Morgan fingerprint density at radius 1 is 1.59 bits per heavy atom. The molecule has 7 heteroatoms. The molecule has 0 aliphatic carbocycles.